The van der Waals surface area contributed by atoms with Crippen LogP contribution in [0.3, 0.4) is 0 Å². The fraction of sp³-hybridized carbons (Fsp3) is 0.500. The Kier molecular flexibility index (Phi) is 3.86. The molecular formula is C8H11CoN3O3. The molecular weight excluding hydrogens is 245 g/mol. The molecule has 0 spiro atoms. The van der Waals surface area contributed by atoms with E-state index < -0.39 is 18.0 Å². The minimum absolute atomic E-state index is 0. The van der Waals surface area contributed by atoms with Gasteiger partial charge in [0.15, 0.2) is 0 Å². The van der Waals surface area contributed by atoms with E-state index in [4.69, 9.17) is 10.5 Å². The molecule has 0 amide bonds. The van der Waals surface area contributed by atoms with E-state index in [9.17, 15) is 9.90 Å². The maximum atomic E-state index is 11.3. The van der Waals surface area contributed by atoms with Crippen molar-refractivity contribution < 1.29 is 26.6 Å². The zero-order valence-corrected chi connectivity index (χ0v) is 8.83. The van der Waals surface area contributed by atoms with Gasteiger partial charge in [-0.15, -0.1) is 0 Å². The Morgan fingerprint density at radius 3 is 2.93 bits per heavy atom. The largest absolute Gasteiger partial charge is 0.391 e. The maximum absolute atomic E-state index is 11.3. The fourth-order valence-electron chi connectivity index (χ4n) is 1.43. The molecule has 1 saturated heterocycles. The number of ether oxygens (including phenoxy) is 1. The molecule has 1 aliphatic rings. The fourth-order valence-corrected chi connectivity index (χ4v) is 1.43. The second-order valence-corrected chi connectivity index (χ2v) is 3.22. The summed E-state index contributed by atoms with van der Waals surface area (Å²) in [5.41, 5.74) is 4.88. The number of rotatable bonds is 1. The topological polar surface area (TPSA) is 90.4 Å². The molecule has 0 aliphatic carbocycles. The number of hydrogen-bond acceptors (Lipinski definition) is 5. The molecule has 0 unspecified atom stereocenters. The Morgan fingerprint density at radius 1 is 1.67 bits per heavy atom. The van der Waals surface area contributed by atoms with E-state index >= 15 is 0 Å². The number of anilines is 1. The van der Waals surface area contributed by atoms with E-state index in [1.807, 2.05) is 0 Å². The molecule has 15 heavy (non-hydrogen) atoms. The summed E-state index contributed by atoms with van der Waals surface area (Å²) in [6.45, 7) is 0.251. The van der Waals surface area contributed by atoms with Gasteiger partial charge in [-0.25, -0.2) is 4.79 Å². The quantitative estimate of drug-likeness (QED) is 0.679. The van der Waals surface area contributed by atoms with Crippen LogP contribution in [0.4, 0.5) is 5.82 Å². The molecule has 2 rings (SSSR count). The van der Waals surface area contributed by atoms with Gasteiger partial charge < -0.3 is 15.6 Å². The second kappa shape index (κ2) is 4.75. The predicted octanol–water partition coefficient (Wildman–Crippen LogP) is -0.897. The van der Waals surface area contributed by atoms with Gasteiger partial charge in [0.05, 0.1) is 12.7 Å². The first kappa shape index (κ1) is 12.2. The number of hydrogen-bond donors (Lipinski definition) is 2. The van der Waals surface area contributed by atoms with E-state index in [1.54, 1.807) is 0 Å². The molecule has 85 valence electrons. The van der Waals surface area contributed by atoms with Crippen LogP contribution in [0.1, 0.15) is 12.6 Å². The molecule has 2 atom stereocenters. The number of aliphatic hydroxyl groups is 1. The smallest absolute Gasteiger partial charge is 0.351 e. The maximum Gasteiger partial charge on any atom is 0.351 e. The van der Waals surface area contributed by atoms with Gasteiger partial charge in [0.25, 0.3) is 0 Å². The Labute approximate surface area is 96.3 Å². The van der Waals surface area contributed by atoms with E-state index in [-0.39, 0.29) is 29.2 Å². The molecule has 1 aromatic heterocycles. The molecule has 1 aromatic rings. The van der Waals surface area contributed by atoms with Crippen molar-refractivity contribution in [2.24, 2.45) is 0 Å². The molecule has 0 bridgehead atoms. The summed E-state index contributed by atoms with van der Waals surface area (Å²) in [6, 6.07) is 1.52. The summed E-state index contributed by atoms with van der Waals surface area (Å²) in [7, 11) is 0. The summed E-state index contributed by atoms with van der Waals surface area (Å²) >= 11 is 0. The SMILES string of the molecule is Nc1ccn([C@H]2C[C@H](O)CO2)c(=O)n1.[Co]. The summed E-state index contributed by atoms with van der Waals surface area (Å²) < 4.78 is 6.53. The monoisotopic (exact) mass is 256 g/mol. The molecule has 1 radical (unpaired) electrons. The van der Waals surface area contributed by atoms with Gasteiger partial charge in [-0.1, -0.05) is 0 Å². The third kappa shape index (κ3) is 2.56. The van der Waals surface area contributed by atoms with Crippen molar-refractivity contribution in [1.82, 2.24) is 9.55 Å². The molecule has 0 saturated carbocycles. The summed E-state index contributed by atoms with van der Waals surface area (Å²) in [5, 5.41) is 9.22. The van der Waals surface area contributed by atoms with Crippen molar-refractivity contribution in [3.8, 4) is 0 Å². The van der Waals surface area contributed by atoms with E-state index in [0.717, 1.165) is 0 Å². The number of nitrogens with zero attached hydrogens (tertiary/aromatic N) is 2. The van der Waals surface area contributed by atoms with Gasteiger partial charge in [0, 0.05) is 29.4 Å². The first-order valence-corrected chi connectivity index (χ1v) is 4.31. The Hall–Kier alpha value is -0.894. The molecule has 1 aliphatic heterocycles. The van der Waals surface area contributed by atoms with Crippen LogP contribution in [0.2, 0.25) is 0 Å². The third-order valence-electron chi connectivity index (χ3n) is 2.12. The van der Waals surface area contributed by atoms with Crippen LogP contribution < -0.4 is 11.4 Å². The van der Waals surface area contributed by atoms with E-state index in [1.165, 1.54) is 16.8 Å². The molecule has 1 fully saturated rings. The minimum atomic E-state index is -0.510. The number of nitrogens with two attached hydrogens (primary N) is 1. The van der Waals surface area contributed by atoms with Gasteiger partial charge in [0.2, 0.25) is 0 Å². The molecule has 6 nitrogen and oxygen atoms in total. The van der Waals surface area contributed by atoms with Crippen molar-refractivity contribution >= 4 is 5.82 Å². The van der Waals surface area contributed by atoms with Crippen LogP contribution >= 0.6 is 0 Å². The average molecular weight is 256 g/mol. The van der Waals surface area contributed by atoms with Crippen molar-refractivity contribution in [3.05, 3.63) is 22.7 Å². The molecule has 0 aromatic carbocycles. The van der Waals surface area contributed by atoms with Crippen molar-refractivity contribution in [2.45, 2.75) is 18.8 Å². The van der Waals surface area contributed by atoms with Crippen LogP contribution in [0.25, 0.3) is 0 Å². The van der Waals surface area contributed by atoms with Crippen LogP contribution in [0, 0.1) is 0 Å². The van der Waals surface area contributed by atoms with E-state index in [2.05, 4.69) is 4.98 Å². The third-order valence-corrected chi connectivity index (χ3v) is 2.12. The first-order valence-electron chi connectivity index (χ1n) is 4.31. The zero-order valence-electron chi connectivity index (χ0n) is 7.79. The van der Waals surface area contributed by atoms with Crippen molar-refractivity contribution in [3.63, 3.8) is 0 Å². The minimum Gasteiger partial charge on any atom is -0.391 e. The summed E-state index contributed by atoms with van der Waals surface area (Å²) in [4.78, 5) is 14.9. The van der Waals surface area contributed by atoms with Gasteiger partial charge in [-0.2, -0.15) is 4.98 Å². The van der Waals surface area contributed by atoms with Crippen molar-refractivity contribution in [2.75, 3.05) is 12.3 Å². The van der Waals surface area contributed by atoms with Gasteiger partial charge in [-0.05, 0) is 6.07 Å². The Balaban J connectivity index is 0.00000112. The number of nitrogen functional groups attached to an aromatic ring is 1. The van der Waals surface area contributed by atoms with E-state index in [0.29, 0.717) is 6.42 Å². The van der Waals surface area contributed by atoms with Crippen LogP contribution in [0.5, 0.6) is 0 Å². The number of aromatic nitrogens is 2. The first-order chi connectivity index (χ1) is 6.66. The Morgan fingerprint density at radius 2 is 2.40 bits per heavy atom. The van der Waals surface area contributed by atoms with Gasteiger partial charge in [-0.3, -0.25) is 4.57 Å². The standard InChI is InChI=1S/C8H11N3O3.Co/c9-6-1-2-11(8(13)10-6)7-3-5(12)4-14-7;/h1-2,5,7,12H,3-4H2,(H2,9,10,13);/t5-,7+;/m0./s1. The Bertz CT molecular complexity index is 395. The zero-order chi connectivity index (χ0) is 10.1. The van der Waals surface area contributed by atoms with Crippen LogP contribution in [-0.4, -0.2) is 27.4 Å². The van der Waals surface area contributed by atoms with Crippen LogP contribution in [0.15, 0.2) is 17.1 Å². The van der Waals surface area contributed by atoms with Gasteiger partial charge in [0.1, 0.15) is 12.0 Å². The molecule has 7 heteroatoms. The number of aliphatic hydroxyl groups excluding tert-OH is 1. The summed E-state index contributed by atoms with van der Waals surface area (Å²) in [5.74, 6) is 0.185. The molecule has 3 N–H and O–H groups in total. The van der Waals surface area contributed by atoms with Gasteiger partial charge >= 0.3 is 5.69 Å². The summed E-state index contributed by atoms with van der Waals surface area (Å²) in [6.07, 6.45) is 0.994. The second-order valence-electron chi connectivity index (χ2n) is 3.22. The van der Waals surface area contributed by atoms with Crippen LogP contribution in [-0.2, 0) is 21.5 Å². The normalized spacial score (nSPS) is 24.9. The molecule has 2 heterocycles. The average Bonchev–Trinajstić information content (AvgIpc) is 2.51. The predicted molar refractivity (Wildman–Crippen MR) is 48.5 cm³/mol. The van der Waals surface area contributed by atoms with Crippen molar-refractivity contribution in [1.29, 1.82) is 0 Å².